The minimum atomic E-state index is -0.771. The Morgan fingerprint density at radius 3 is 2.61 bits per heavy atom. The van der Waals surface area contributed by atoms with Crippen LogP contribution < -0.4 is 4.74 Å². The van der Waals surface area contributed by atoms with Crippen LogP contribution in [0, 0.1) is 0 Å². The Labute approximate surface area is 217 Å². The molecule has 1 aromatic heterocycles. The van der Waals surface area contributed by atoms with Crippen molar-refractivity contribution in [3.8, 4) is 16.9 Å². The summed E-state index contributed by atoms with van der Waals surface area (Å²) in [4.78, 5) is 17.0. The number of carbonyl (C=O) groups is 1. The molecule has 0 aliphatic heterocycles. The van der Waals surface area contributed by atoms with Crippen molar-refractivity contribution in [1.29, 1.82) is 0 Å². The number of ether oxygens (including phenoxy) is 2. The number of aliphatic carboxylic acids is 1. The van der Waals surface area contributed by atoms with E-state index in [0.29, 0.717) is 19.1 Å². The Kier molecular flexibility index (Phi) is 7.35. The smallest absolute Gasteiger partial charge is 0.316 e. The van der Waals surface area contributed by atoms with Crippen LogP contribution in [0.25, 0.3) is 11.1 Å². The van der Waals surface area contributed by atoms with Crippen molar-refractivity contribution >= 4 is 17.7 Å². The maximum absolute atomic E-state index is 11.5. The fraction of sp³-hybridized carbons (Fsp3) is 0.400. The number of carboxylic acid groups (broad SMARTS) is 1. The van der Waals surface area contributed by atoms with Gasteiger partial charge in [0.05, 0.1) is 18.3 Å². The maximum atomic E-state index is 11.5. The summed E-state index contributed by atoms with van der Waals surface area (Å²) < 4.78 is 12.9. The lowest BCUT2D eigenvalue weighted by atomic mass is 9.96. The summed E-state index contributed by atoms with van der Waals surface area (Å²) in [6.07, 6.45) is 9.73. The van der Waals surface area contributed by atoms with Crippen LogP contribution in [0.5, 0.6) is 5.75 Å². The van der Waals surface area contributed by atoms with Crippen molar-refractivity contribution < 1.29 is 19.4 Å². The number of rotatable bonds is 12. The van der Waals surface area contributed by atoms with Crippen LogP contribution in [0.4, 0.5) is 0 Å². The summed E-state index contributed by atoms with van der Waals surface area (Å²) in [5.74, 6) is 0.150. The topological polar surface area (TPSA) is 68.7 Å². The zero-order valence-electron chi connectivity index (χ0n) is 20.9. The van der Waals surface area contributed by atoms with Gasteiger partial charge < -0.3 is 14.6 Å². The zero-order valence-corrected chi connectivity index (χ0v) is 21.7. The average molecular weight is 504 g/mol. The summed E-state index contributed by atoms with van der Waals surface area (Å²) in [5, 5.41) is 9.03. The van der Waals surface area contributed by atoms with Gasteiger partial charge >= 0.3 is 5.97 Å². The number of nitrogens with zero attached hydrogens (tertiary/aromatic N) is 1. The summed E-state index contributed by atoms with van der Waals surface area (Å²) in [6.45, 7) is 4.53. The Morgan fingerprint density at radius 1 is 1.11 bits per heavy atom. The fourth-order valence-electron chi connectivity index (χ4n) is 4.60. The third-order valence-electron chi connectivity index (χ3n) is 7.00. The molecule has 0 radical (unpaired) electrons. The van der Waals surface area contributed by atoms with E-state index in [2.05, 4.69) is 48.3 Å². The molecule has 5 rings (SSSR count). The lowest BCUT2D eigenvalue weighted by Crippen LogP contribution is -2.15. The molecule has 3 aromatic rings. The van der Waals surface area contributed by atoms with Gasteiger partial charge in [0, 0.05) is 28.4 Å². The largest absolute Gasteiger partial charge is 0.490 e. The number of benzene rings is 2. The molecule has 1 unspecified atom stereocenters. The lowest BCUT2D eigenvalue weighted by molar-refractivity contribution is -0.136. The van der Waals surface area contributed by atoms with E-state index < -0.39 is 11.2 Å². The molecular weight excluding hydrogens is 470 g/mol. The van der Waals surface area contributed by atoms with E-state index in [1.807, 2.05) is 31.5 Å². The van der Waals surface area contributed by atoms with Crippen LogP contribution in [0.3, 0.4) is 0 Å². The molecular formula is C30H33NO4S. The zero-order chi connectivity index (χ0) is 25.1. The maximum Gasteiger partial charge on any atom is 0.316 e. The first-order chi connectivity index (χ1) is 17.5. The molecule has 0 amide bonds. The number of hydrogen-bond acceptors (Lipinski definition) is 5. The quantitative estimate of drug-likeness (QED) is 0.268. The third kappa shape index (κ3) is 5.45. The number of aryl methyl sites for hydroxylation is 1. The molecule has 1 heterocycles. The molecule has 1 N–H and O–H groups in total. The molecule has 0 saturated heterocycles. The molecule has 5 nitrogen and oxygen atoms in total. The van der Waals surface area contributed by atoms with Gasteiger partial charge in [-0.05, 0) is 79.5 Å². The Bertz CT molecular complexity index is 1240. The van der Waals surface area contributed by atoms with Crippen LogP contribution in [0.1, 0.15) is 62.6 Å². The molecule has 0 bridgehead atoms. The van der Waals surface area contributed by atoms with E-state index in [1.54, 1.807) is 0 Å². The summed E-state index contributed by atoms with van der Waals surface area (Å²) in [5.41, 5.74) is 5.30. The van der Waals surface area contributed by atoms with Gasteiger partial charge in [-0.3, -0.25) is 9.78 Å². The van der Waals surface area contributed by atoms with Crippen LogP contribution in [-0.4, -0.2) is 27.4 Å². The second-order valence-electron chi connectivity index (χ2n) is 9.65. The number of thioether (sulfide) groups is 1. The van der Waals surface area contributed by atoms with Gasteiger partial charge in [-0.2, -0.15) is 0 Å². The van der Waals surface area contributed by atoms with E-state index in [4.69, 9.17) is 9.47 Å². The first-order valence-corrected chi connectivity index (χ1v) is 13.8. The summed E-state index contributed by atoms with van der Waals surface area (Å²) >= 11 is 1.41. The van der Waals surface area contributed by atoms with Crippen LogP contribution in [0.15, 0.2) is 65.8 Å². The molecule has 2 fully saturated rings. The van der Waals surface area contributed by atoms with Crippen LogP contribution in [-0.2, 0) is 28.2 Å². The van der Waals surface area contributed by atoms with Crippen molar-refractivity contribution in [2.24, 2.45) is 0 Å². The lowest BCUT2D eigenvalue weighted by Gasteiger charge is -2.22. The van der Waals surface area contributed by atoms with E-state index in [-0.39, 0.29) is 5.60 Å². The second-order valence-corrected chi connectivity index (χ2v) is 10.9. The first kappa shape index (κ1) is 24.8. The Morgan fingerprint density at radius 2 is 1.92 bits per heavy atom. The normalized spacial score (nSPS) is 16.9. The minimum absolute atomic E-state index is 0.327. The van der Waals surface area contributed by atoms with Crippen molar-refractivity contribution in [2.45, 2.75) is 80.8 Å². The van der Waals surface area contributed by atoms with Crippen molar-refractivity contribution in [2.75, 3.05) is 0 Å². The van der Waals surface area contributed by atoms with Gasteiger partial charge in [0.25, 0.3) is 0 Å². The summed E-state index contributed by atoms with van der Waals surface area (Å²) in [6, 6.07) is 16.6. The number of aromatic nitrogens is 1. The fourth-order valence-corrected chi connectivity index (χ4v) is 5.55. The Balaban J connectivity index is 1.39. The van der Waals surface area contributed by atoms with Crippen molar-refractivity contribution in [3.63, 3.8) is 0 Å². The molecule has 36 heavy (non-hydrogen) atoms. The first-order valence-electron chi connectivity index (χ1n) is 12.9. The average Bonchev–Trinajstić information content (AvgIpc) is 3.83. The van der Waals surface area contributed by atoms with Gasteiger partial charge in [-0.1, -0.05) is 38.1 Å². The molecule has 1 atom stereocenters. The highest BCUT2D eigenvalue weighted by Gasteiger charge is 2.47. The minimum Gasteiger partial charge on any atom is -0.490 e. The molecule has 2 aliphatic carbocycles. The van der Waals surface area contributed by atoms with E-state index >= 15 is 0 Å². The van der Waals surface area contributed by atoms with Gasteiger partial charge in [-0.25, -0.2) is 0 Å². The van der Waals surface area contributed by atoms with E-state index in [1.165, 1.54) is 17.3 Å². The number of pyridine rings is 1. The molecule has 0 spiro atoms. The van der Waals surface area contributed by atoms with Crippen molar-refractivity contribution in [1.82, 2.24) is 4.98 Å². The highest BCUT2D eigenvalue weighted by molar-refractivity contribution is 8.00. The highest BCUT2D eigenvalue weighted by Crippen LogP contribution is 2.53. The van der Waals surface area contributed by atoms with Gasteiger partial charge in [0.15, 0.2) is 0 Å². The third-order valence-corrected chi connectivity index (χ3v) is 8.34. The summed E-state index contributed by atoms with van der Waals surface area (Å²) in [7, 11) is 0. The Hall–Kier alpha value is -2.83. The van der Waals surface area contributed by atoms with Crippen LogP contribution >= 0.6 is 11.8 Å². The van der Waals surface area contributed by atoms with E-state index in [9.17, 15) is 9.90 Å². The van der Waals surface area contributed by atoms with Crippen molar-refractivity contribution in [3.05, 3.63) is 77.6 Å². The van der Waals surface area contributed by atoms with Gasteiger partial charge in [0.1, 0.15) is 11.0 Å². The SMILES string of the molecule is CCc1ccc(SC(CC)C(=O)O)cc1COC1(c2cnccc2-c2ccccc2OC2CC2)CC1. The van der Waals surface area contributed by atoms with Crippen LogP contribution in [0.2, 0.25) is 0 Å². The molecule has 2 saturated carbocycles. The molecule has 6 heteroatoms. The molecule has 188 valence electrons. The molecule has 2 aliphatic rings. The monoisotopic (exact) mass is 503 g/mol. The number of hydrogen-bond donors (Lipinski definition) is 1. The predicted octanol–water partition coefficient (Wildman–Crippen LogP) is 7.01. The highest BCUT2D eigenvalue weighted by atomic mass is 32.2. The predicted molar refractivity (Wildman–Crippen MR) is 142 cm³/mol. The number of para-hydroxylation sites is 1. The number of carboxylic acids is 1. The standard InChI is InChI=1S/C30H33NO4S/c1-3-20-9-12-23(36-28(4-2)29(32)33)17-21(20)19-34-30(14-15-30)26-18-31-16-13-24(26)25-7-5-6-8-27(25)35-22-10-11-22/h5-9,12-13,16-18,22,28H,3-4,10-11,14-15,19H2,1-2H3,(H,32,33). The van der Waals surface area contributed by atoms with Gasteiger partial charge in [0.2, 0.25) is 0 Å². The second kappa shape index (κ2) is 10.7. The van der Waals surface area contributed by atoms with Gasteiger partial charge in [-0.15, -0.1) is 11.8 Å². The molecule has 2 aromatic carbocycles. The van der Waals surface area contributed by atoms with E-state index in [0.717, 1.165) is 65.0 Å².